The maximum absolute atomic E-state index is 11.6. The first-order valence-corrected chi connectivity index (χ1v) is 7.81. The molecule has 2 nitrogen and oxygen atoms in total. The molecule has 0 saturated heterocycles. The van der Waals surface area contributed by atoms with Crippen LogP contribution >= 0.6 is 0 Å². The van der Waals surface area contributed by atoms with E-state index >= 15 is 0 Å². The van der Waals surface area contributed by atoms with Gasteiger partial charge in [0.2, 0.25) is 0 Å². The Balaban J connectivity index is 1.66. The number of rotatable bonds is 2. The molecule has 4 aliphatic rings. The highest BCUT2D eigenvalue weighted by atomic mass is 16.5. The zero-order chi connectivity index (χ0) is 13.4. The van der Waals surface area contributed by atoms with Gasteiger partial charge in [-0.25, -0.2) is 4.79 Å². The molecule has 4 aliphatic carbocycles. The van der Waals surface area contributed by atoms with Gasteiger partial charge in [-0.1, -0.05) is 20.4 Å². The normalized spacial score (nSPS) is 57.3. The topological polar surface area (TPSA) is 26.3 Å². The molecule has 0 aromatic carbocycles. The van der Waals surface area contributed by atoms with Crippen LogP contribution in [0.15, 0.2) is 12.7 Å². The first-order valence-electron chi connectivity index (χ1n) is 7.81. The van der Waals surface area contributed by atoms with Crippen molar-refractivity contribution in [2.45, 2.75) is 52.1 Å². The van der Waals surface area contributed by atoms with Crippen LogP contribution in [-0.2, 0) is 9.53 Å². The second-order valence-electron chi connectivity index (χ2n) is 8.05. The van der Waals surface area contributed by atoms with Gasteiger partial charge < -0.3 is 4.74 Å². The maximum atomic E-state index is 11.6. The van der Waals surface area contributed by atoms with Crippen molar-refractivity contribution in [2.24, 2.45) is 34.5 Å². The molecule has 0 aromatic heterocycles. The number of hydrogen-bond donors (Lipinski definition) is 0. The van der Waals surface area contributed by atoms with Gasteiger partial charge in [0.25, 0.3) is 0 Å². The van der Waals surface area contributed by atoms with Gasteiger partial charge in [-0.05, 0) is 61.2 Å². The summed E-state index contributed by atoms with van der Waals surface area (Å²) in [7, 11) is 0. The minimum Gasteiger partial charge on any atom is -0.459 e. The predicted molar refractivity (Wildman–Crippen MR) is 73.3 cm³/mol. The lowest BCUT2D eigenvalue weighted by molar-refractivity contribution is -0.155. The SMILES string of the molecule is C=CC(=O)OC1CC2CC1(C)C1C2C2CCC1(C)C2. The molecule has 19 heavy (non-hydrogen) atoms. The summed E-state index contributed by atoms with van der Waals surface area (Å²) in [5.41, 5.74) is 0.760. The molecule has 4 saturated carbocycles. The molecule has 7 unspecified atom stereocenters. The van der Waals surface area contributed by atoms with E-state index in [4.69, 9.17) is 4.74 Å². The third-order valence-electron chi connectivity index (χ3n) is 7.13. The molecule has 4 fully saturated rings. The van der Waals surface area contributed by atoms with Gasteiger partial charge in [-0.3, -0.25) is 0 Å². The second kappa shape index (κ2) is 3.45. The van der Waals surface area contributed by atoms with Crippen LogP contribution in [0.5, 0.6) is 0 Å². The number of hydrogen-bond acceptors (Lipinski definition) is 2. The molecule has 0 amide bonds. The van der Waals surface area contributed by atoms with E-state index in [0.29, 0.717) is 5.41 Å². The van der Waals surface area contributed by atoms with E-state index in [1.54, 1.807) is 0 Å². The van der Waals surface area contributed by atoms with E-state index in [-0.39, 0.29) is 17.5 Å². The largest absolute Gasteiger partial charge is 0.459 e. The van der Waals surface area contributed by atoms with Crippen LogP contribution < -0.4 is 0 Å². The Kier molecular flexibility index (Phi) is 2.18. The summed E-state index contributed by atoms with van der Waals surface area (Å²) in [4.78, 5) is 11.6. The molecule has 7 atom stereocenters. The fourth-order valence-corrected chi connectivity index (χ4v) is 6.87. The van der Waals surface area contributed by atoms with Crippen LogP contribution in [0.25, 0.3) is 0 Å². The average molecular weight is 260 g/mol. The lowest BCUT2D eigenvalue weighted by atomic mass is 9.59. The molecule has 0 aromatic rings. The Labute approximate surface area is 115 Å². The van der Waals surface area contributed by atoms with Crippen LogP contribution in [0.2, 0.25) is 0 Å². The lowest BCUT2D eigenvalue weighted by Crippen LogP contribution is -2.46. The summed E-state index contributed by atoms with van der Waals surface area (Å²) in [5, 5.41) is 0. The third-order valence-corrected chi connectivity index (χ3v) is 7.13. The molecule has 0 N–H and O–H groups in total. The quantitative estimate of drug-likeness (QED) is 0.431. The van der Waals surface area contributed by atoms with Crippen molar-refractivity contribution in [2.75, 3.05) is 0 Å². The van der Waals surface area contributed by atoms with Gasteiger partial charge >= 0.3 is 5.97 Å². The van der Waals surface area contributed by atoms with E-state index in [1.165, 1.54) is 31.8 Å². The Morgan fingerprint density at radius 1 is 1.32 bits per heavy atom. The fraction of sp³-hybridized carbons (Fsp3) is 0.824. The van der Waals surface area contributed by atoms with E-state index < -0.39 is 0 Å². The van der Waals surface area contributed by atoms with Crippen molar-refractivity contribution in [1.29, 1.82) is 0 Å². The molecule has 4 rings (SSSR count). The van der Waals surface area contributed by atoms with Gasteiger partial charge in [0, 0.05) is 11.5 Å². The molecule has 0 aliphatic heterocycles. The highest BCUT2D eigenvalue weighted by Gasteiger charge is 2.72. The first kappa shape index (κ1) is 12.0. The second-order valence-corrected chi connectivity index (χ2v) is 8.05. The average Bonchev–Trinajstić information content (AvgIpc) is 3.04. The first-order chi connectivity index (χ1) is 8.98. The van der Waals surface area contributed by atoms with Gasteiger partial charge in [0.05, 0.1) is 0 Å². The molecular formula is C17H24O2. The van der Waals surface area contributed by atoms with Gasteiger partial charge in [0.15, 0.2) is 0 Å². The minimum atomic E-state index is -0.233. The molecule has 104 valence electrons. The van der Waals surface area contributed by atoms with Crippen LogP contribution in [0, 0.1) is 34.5 Å². The number of fused-ring (bicyclic) bond motifs is 9. The number of carbonyl (C=O) groups is 1. The van der Waals surface area contributed by atoms with E-state index in [9.17, 15) is 4.79 Å². The number of esters is 1. The van der Waals surface area contributed by atoms with Crippen molar-refractivity contribution in [3.63, 3.8) is 0 Å². The Hall–Kier alpha value is -0.790. The molecular weight excluding hydrogens is 236 g/mol. The van der Waals surface area contributed by atoms with Crippen molar-refractivity contribution >= 4 is 5.97 Å². The highest BCUT2D eigenvalue weighted by Crippen LogP contribution is 2.76. The highest BCUT2D eigenvalue weighted by molar-refractivity contribution is 5.81. The summed E-state index contributed by atoms with van der Waals surface area (Å²) in [5.74, 6) is 3.27. The lowest BCUT2D eigenvalue weighted by Gasteiger charge is -2.48. The van der Waals surface area contributed by atoms with Gasteiger partial charge in [-0.2, -0.15) is 0 Å². The molecule has 0 heterocycles. The van der Waals surface area contributed by atoms with Crippen LogP contribution in [0.4, 0.5) is 0 Å². The third kappa shape index (κ3) is 1.31. The monoisotopic (exact) mass is 260 g/mol. The molecule has 4 bridgehead atoms. The summed E-state index contributed by atoms with van der Waals surface area (Å²) in [6.07, 6.45) is 8.10. The Morgan fingerprint density at radius 3 is 2.84 bits per heavy atom. The fourth-order valence-electron chi connectivity index (χ4n) is 6.87. The van der Waals surface area contributed by atoms with Crippen LogP contribution in [0.1, 0.15) is 46.0 Å². The zero-order valence-electron chi connectivity index (χ0n) is 12.0. The zero-order valence-corrected chi connectivity index (χ0v) is 12.0. The van der Waals surface area contributed by atoms with Crippen molar-refractivity contribution < 1.29 is 9.53 Å². The molecule has 0 spiro atoms. The summed E-state index contributed by atoms with van der Waals surface area (Å²) in [6.45, 7) is 8.42. The minimum absolute atomic E-state index is 0.139. The maximum Gasteiger partial charge on any atom is 0.330 e. The van der Waals surface area contributed by atoms with Crippen molar-refractivity contribution in [3.8, 4) is 0 Å². The van der Waals surface area contributed by atoms with E-state index in [0.717, 1.165) is 30.1 Å². The van der Waals surface area contributed by atoms with E-state index in [2.05, 4.69) is 20.4 Å². The molecule has 2 heteroatoms. The van der Waals surface area contributed by atoms with Crippen molar-refractivity contribution in [1.82, 2.24) is 0 Å². The van der Waals surface area contributed by atoms with Crippen LogP contribution in [0.3, 0.4) is 0 Å². The standard InChI is InChI=1S/C17H24O2/c1-4-13(18)19-12-7-11-9-17(12,3)15-14(11)10-5-6-16(15,2)8-10/h4,10-12,14-15H,1,5-9H2,2-3H3. The summed E-state index contributed by atoms with van der Waals surface area (Å²) >= 11 is 0. The smallest absolute Gasteiger partial charge is 0.330 e. The van der Waals surface area contributed by atoms with Crippen molar-refractivity contribution in [3.05, 3.63) is 12.7 Å². The Bertz CT molecular complexity index is 456. The molecule has 0 radical (unpaired) electrons. The number of ether oxygens (including phenoxy) is 1. The summed E-state index contributed by atoms with van der Waals surface area (Å²) in [6, 6.07) is 0. The predicted octanol–water partition coefficient (Wildman–Crippen LogP) is 3.57. The van der Waals surface area contributed by atoms with Crippen LogP contribution in [-0.4, -0.2) is 12.1 Å². The van der Waals surface area contributed by atoms with Gasteiger partial charge in [-0.15, -0.1) is 0 Å². The summed E-state index contributed by atoms with van der Waals surface area (Å²) < 4.78 is 5.70. The number of carbonyl (C=O) groups excluding carboxylic acids is 1. The van der Waals surface area contributed by atoms with E-state index in [1.807, 2.05) is 0 Å². The Morgan fingerprint density at radius 2 is 2.11 bits per heavy atom. The van der Waals surface area contributed by atoms with Gasteiger partial charge in [0.1, 0.15) is 6.10 Å².